The van der Waals surface area contributed by atoms with Gasteiger partial charge in [-0.25, -0.2) is 4.79 Å². The van der Waals surface area contributed by atoms with Crippen LogP contribution in [-0.2, 0) is 14.3 Å². The second-order valence-corrected chi connectivity index (χ2v) is 5.04. The van der Waals surface area contributed by atoms with Crippen LogP contribution in [0.4, 0.5) is 10.5 Å². The van der Waals surface area contributed by atoms with Crippen molar-refractivity contribution in [1.82, 2.24) is 5.32 Å². The molecular formula is C17H26N2O4. The predicted molar refractivity (Wildman–Crippen MR) is 89.6 cm³/mol. The van der Waals surface area contributed by atoms with E-state index in [2.05, 4.69) is 27.5 Å². The summed E-state index contributed by atoms with van der Waals surface area (Å²) in [5, 5.41) is 6.06. The predicted octanol–water partition coefficient (Wildman–Crippen LogP) is 2.90. The third kappa shape index (κ3) is 7.65. The molecular weight excluding hydrogens is 296 g/mol. The number of amides is 1. The maximum atomic E-state index is 11.3. The number of ether oxygens (including phenoxy) is 2. The van der Waals surface area contributed by atoms with E-state index in [9.17, 15) is 9.59 Å². The molecule has 0 saturated carbocycles. The Morgan fingerprint density at radius 2 is 1.87 bits per heavy atom. The molecule has 0 aromatic heterocycles. The van der Waals surface area contributed by atoms with Crippen LogP contribution in [0, 0.1) is 0 Å². The Labute approximate surface area is 137 Å². The summed E-state index contributed by atoms with van der Waals surface area (Å²) in [6, 6.07) is 8.07. The number of benzene rings is 1. The third-order valence-electron chi connectivity index (χ3n) is 3.48. The van der Waals surface area contributed by atoms with Crippen LogP contribution in [-0.4, -0.2) is 38.9 Å². The Balaban J connectivity index is 0.000000463. The fraction of sp³-hybridized carbons (Fsp3) is 0.529. The number of hydrogen-bond donors (Lipinski definition) is 2. The molecule has 1 saturated heterocycles. The fourth-order valence-electron chi connectivity index (χ4n) is 2.35. The molecule has 0 bridgehead atoms. The van der Waals surface area contributed by atoms with Crippen LogP contribution in [0.15, 0.2) is 24.3 Å². The topological polar surface area (TPSA) is 76.7 Å². The third-order valence-corrected chi connectivity index (χ3v) is 3.48. The first kappa shape index (κ1) is 19.0. The minimum absolute atomic E-state index is 0.388. The van der Waals surface area contributed by atoms with Crippen molar-refractivity contribution in [1.29, 1.82) is 0 Å². The summed E-state index contributed by atoms with van der Waals surface area (Å²) in [5.41, 5.74) is 2.14. The zero-order valence-corrected chi connectivity index (χ0v) is 13.8. The summed E-state index contributed by atoms with van der Waals surface area (Å²) in [5.74, 6) is 0.642. The molecule has 0 radical (unpaired) electrons. The first-order chi connectivity index (χ1) is 11.2. The summed E-state index contributed by atoms with van der Waals surface area (Å²) >= 11 is 0. The average Bonchev–Trinajstić information content (AvgIpc) is 2.58. The lowest BCUT2D eigenvalue weighted by atomic mass is 9.90. The summed E-state index contributed by atoms with van der Waals surface area (Å²) in [7, 11) is 0. The zero-order chi connectivity index (χ0) is 16.9. The van der Waals surface area contributed by atoms with Crippen molar-refractivity contribution >= 4 is 18.3 Å². The van der Waals surface area contributed by atoms with E-state index in [1.54, 1.807) is 13.8 Å². The normalized spacial score (nSPS) is 14.2. The molecule has 6 heteroatoms. The van der Waals surface area contributed by atoms with Gasteiger partial charge in [-0.15, -0.1) is 0 Å². The first-order valence-electron chi connectivity index (χ1n) is 8.00. The molecule has 2 rings (SSSR count). The average molecular weight is 322 g/mol. The van der Waals surface area contributed by atoms with Gasteiger partial charge in [-0.1, -0.05) is 12.1 Å². The van der Waals surface area contributed by atoms with Gasteiger partial charge in [0.25, 0.3) is 6.47 Å². The zero-order valence-electron chi connectivity index (χ0n) is 13.8. The van der Waals surface area contributed by atoms with E-state index >= 15 is 0 Å². The molecule has 23 heavy (non-hydrogen) atoms. The number of anilines is 1. The van der Waals surface area contributed by atoms with Gasteiger partial charge >= 0.3 is 6.09 Å². The van der Waals surface area contributed by atoms with E-state index in [0.717, 1.165) is 18.8 Å². The second kappa shape index (κ2) is 11.5. The van der Waals surface area contributed by atoms with E-state index in [-0.39, 0.29) is 0 Å². The number of carbonyl (C=O) groups excluding carboxylic acids is 2. The molecule has 1 aromatic rings. The van der Waals surface area contributed by atoms with Crippen molar-refractivity contribution in [3.63, 3.8) is 0 Å². The number of piperidine rings is 1. The SMILES string of the molecule is CCOC(=O)Nc1ccc(C2CCNCC2)cc1.CCOC=O. The van der Waals surface area contributed by atoms with Crippen molar-refractivity contribution in [3.05, 3.63) is 29.8 Å². The van der Waals surface area contributed by atoms with E-state index in [1.165, 1.54) is 18.4 Å². The highest BCUT2D eigenvalue weighted by Crippen LogP contribution is 2.26. The van der Waals surface area contributed by atoms with Crippen LogP contribution in [0.2, 0.25) is 0 Å². The summed E-state index contributed by atoms with van der Waals surface area (Å²) < 4.78 is 8.99. The molecule has 1 fully saturated rings. The lowest BCUT2D eigenvalue weighted by Gasteiger charge is -2.23. The minimum Gasteiger partial charge on any atom is -0.468 e. The largest absolute Gasteiger partial charge is 0.468 e. The van der Waals surface area contributed by atoms with E-state index in [4.69, 9.17) is 4.74 Å². The van der Waals surface area contributed by atoms with Crippen LogP contribution in [0.3, 0.4) is 0 Å². The highest BCUT2D eigenvalue weighted by Gasteiger charge is 2.14. The molecule has 2 N–H and O–H groups in total. The van der Waals surface area contributed by atoms with Gasteiger partial charge in [0.15, 0.2) is 0 Å². The van der Waals surface area contributed by atoms with E-state index in [0.29, 0.717) is 25.6 Å². The van der Waals surface area contributed by atoms with Gasteiger partial charge in [-0.3, -0.25) is 10.1 Å². The maximum absolute atomic E-state index is 11.3. The number of rotatable bonds is 5. The Bertz CT molecular complexity index is 456. The highest BCUT2D eigenvalue weighted by atomic mass is 16.5. The molecule has 128 valence electrons. The highest BCUT2D eigenvalue weighted by molar-refractivity contribution is 5.84. The van der Waals surface area contributed by atoms with Gasteiger partial charge in [0.05, 0.1) is 13.2 Å². The van der Waals surface area contributed by atoms with Crippen LogP contribution in [0.1, 0.15) is 38.2 Å². The molecule has 1 amide bonds. The Kier molecular flexibility index (Phi) is 9.47. The molecule has 6 nitrogen and oxygen atoms in total. The Morgan fingerprint density at radius 3 is 2.35 bits per heavy atom. The summed E-state index contributed by atoms with van der Waals surface area (Å²) in [6.07, 6.45) is 1.97. The van der Waals surface area contributed by atoms with Gasteiger partial charge in [0.2, 0.25) is 0 Å². The number of carbonyl (C=O) groups is 2. The monoisotopic (exact) mass is 322 g/mol. The minimum atomic E-state index is -0.396. The molecule has 1 heterocycles. The molecule has 1 aromatic carbocycles. The lowest BCUT2D eigenvalue weighted by molar-refractivity contribution is -0.128. The van der Waals surface area contributed by atoms with Gasteiger partial charge < -0.3 is 14.8 Å². The Hall–Kier alpha value is -2.08. The quantitative estimate of drug-likeness (QED) is 0.815. The van der Waals surface area contributed by atoms with Crippen molar-refractivity contribution in [2.24, 2.45) is 0 Å². The molecule has 0 unspecified atom stereocenters. The van der Waals surface area contributed by atoms with Crippen molar-refractivity contribution in [2.45, 2.75) is 32.6 Å². The lowest BCUT2D eigenvalue weighted by Crippen LogP contribution is -2.26. The second-order valence-electron chi connectivity index (χ2n) is 5.04. The van der Waals surface area contributed by atoms with Gasteiger partial charge in [0.1, 0.15) is 0 Å². The molecule has 0 aliphatic carbocycles. The van der Waals surface area contributed by atoms with Crippen LogP contribution < -0.4 is 10.6 Å². The van der Waals surface area contributed by atoms with Crippen LogP contribution in [0.25, 0.3) is 0 Å². The molecule has 1 aliphatic heterocycles. The molecule has 0 spiro atoms. The van der Waals surface area contributed by atoms with E-state index < -0.39 is 6.09 Å². The first-order valence-corrected chi connectivity index (χ1v) is 8.00. The smallest absolute Gasteiger partial charge is 0.411 e. The van der Waals surface area contributed by atoms with Gasteiger partial charge in [0, 0.05) is 5.69 Å². The van der Waals surface area contributed by atoms with Crippen LogP contribution in [0.5, 0.6) is 0 Å². The van der Waals surface area contributed by atoms with Gasteiger partial charge in [-0.05, 0) is 63.4 Å². The number of nitrogens with one attached hydrogen (secondary N) is 2. The molecule has 0 atom stereocenters. The van der Waals surface area contributed by atoms with Crippen molar-refractivity contribution in [3.8, 4) is 0 Å². The van der Waals surface area contributed by atoms with Crippen molar-refractivity contribution < 1.29 is 19.1 Å². The standard InChI is InChI=1S/C14H20N2O2.C3H6O2/c1-2-18-14(17)16-13-5-3-11(4-6-13)12-7-9-15-10-8-12;1-2-5-3-4/h3-6,12,15H,2,7-10H2,1H3,(H,16,17);3H,2H2,1H3. The molecule has 1 aliphatic rings. The fourth-order valence-corrected chi connectivity index (χ4v) is 2.35. The van der Waals surface area contributed by atoms with Gasteiger partial charge in [-0.2, -0.15) is 0 Å². The van der Waals surface area contributed by atoms with Crippen LogP contribution >= 0.6 is 0 Å². The summed E-state index contributed by atoms with van der Waals surface area (Å²) in [4.78, 5) is 20.4. The Morgan fingerprint density at radius 1 is 1.22 bits per heavy atom. The summed E-state index contributed by atoms with van der Waals surface area (Å²) in [6.45, 7) is 7.03. The van der Waals surface area contributed by atoms with E-state index in [1.807, 2.05) is 12.1 Å². The van der Waals surface area contributed by atoms with Crippen molar-refractivity contribution in [2.75, 3.05) is 31.6 Å². The maximum Gasteiger partial charge on any atom is 0.411 e. The number of hydrogen-bond acceptors (Lipinski definition) is 5.